The highest BCUT2D eigenvalue weighted by Gasteiger charge is 2.14. The molecule has 0 radical (unpaired) electrons. The van der Waals surface area contributed by atoms with E-state index < -0.39 is 0 Å². The SMILES string of the molecule is CC.CCOC(C)=O.Cc1ccc(-c2nc(C)c(CCOc3ccc4c(c3)CCC4)o2)cc1F. The molecule has 3 aromatic rings. The molecule has 0 aliphatic heterocycles. The number of hydrogen-bond acceptors (Lipinski definition) is 5. The Labute approximate surface area is 202 Å². The number of carbonyl (C=O) groups excluding carboxylic acids is 1. The molecule has 0 saturated heterocycles. The van der Waals surface area contributed by atoms with Gasteiger partial charge < -0.3 is 13.9 Å². The van der Waals surface area contributed by atoms with Crippen LogP contribution in [0, 0.1) is 19.7 Å². The van der Waals surface area contributed by atoms with E-state index >= 15 is 0 Å². The Kier molecular flexibility index (Phi) is 10.8. The van der Waals surface area contributed by atoms with E-state index in [4.69, 9.17) is 9.15 Å². The number of nitrogens with zero attached hydrogens (tertiary/aromatic N) is 1. The predicted octanol–water partition coefficient (Wildman–Crippen LogP) is 6.80. The normalized spacial score (nSPS) is 11.5. The lowest BCUT2D eigenvalue weighted by atomic mass is 10.1. The van der Waals surface area contributed by atoms with Gasteiger partial charge in [-0.2, -0.15) is 0 Å². The lowest BCUT2D eigenvalue weighted by Crippen LogP contribution is -2.02. The molecule has 184 valence electrons. The summed E-state index contributed by atoms with van der Waals surface area (Å²) in [6, 6.07) is 11.4. The second-order valence-corrected chi connectivity index (χ2v) is 7.80. The maximum atomic E-state index is 13.8. The number of carbonyl (C=O) groups is 1. The van der Waals surface area contributed by atoms with Crippen molar-refractivity contribution in [3.8, 4) is 17.2 Å². The first kappa shape index (κ1) is 27.1. The van der Waals surface area contributed by atoms with Crippen molar-refractivity contribution < 1.29 is 23.1 Å². The van der Waals surface area contributed by atoms with Crippen LogP contribution in [0.15, 0.2) is 40.8 Å². The molecule has 0 saturated carbocycles. The second kappa shape index (κ2) is 13.5. The molecule has 0 unspecified atom stereocenters. The van der Waals surface area contributed by atoms with Crippen LogP contribution in [0.2, 0.25) is 0 Å². The van der Waals surface area contributed by atoms with Crippen molar-refractivity contribution in [2.45, 2.75) is 67.2 Å². The lowest BCUT2D eigenvalue weighted by molar-refractivity contribution is -0.140. The molecule has 1 aliphatic carbocycles. The van der Waals surface area contributed by atoms with Gasteiger partial charge in [0.05, 0.1) is 18.9 Å². The number of benzene rings is 2. The van der Waals surface area contributed by atoms with Crippen LogP contribution in [0.1, 0.15) is 62.3 Å². The highest BCUT2D eigenvalue weighted by molar-refractivity contribution is 5.65. The van der Waals surface area contributed by atoms with Crippen molar-refractivity contribution in [3.63, 3.8) is 0 Å². The Morgan fingerprint density at radius 1 is 1.09 bits per heavy atom. The summed E-state index contributed by atoms with van der Waals surface area (Å²) in [5.41, 5.74) is 4.93. The topological polar surface area (TPSA) is 61.6 Å². The molecule has 1 heterocycles. The van der Waals surface area contributed by atoms with Crippen molar-refractivity contribution in [3.05, 3.63) is 70.4 Å². The summed E-state index contributed by atoms with van der Waals surface area (Å²) in [6.07, 6.45) is 4.18. The van der Waals surface area contributed by atoms with Gasteiger partial charge in [0.1, 0.15) is 17.3 Å². The van der Waals surface area contributed by atoms with E-state index in [9.17, 15) is 9.18 Å². The Balaban J connectivity index is 0.000000447. The number of fused-ring (bicyclic) bond motifs is 1. The molecule has 6 heteroatoms. The molecule has 0 amide bonds. The van der Waals surface area contributed by atoms with E-state index in [1.54, 1.807) is 19.9 Å². The van der Waals surface area contributed by atoms with Crippen LogP contribution in [0.4, 0.5) is 4.39 Å². The third-order valence-corrected chi connectivity index (χ3v) is 5.33. The first-order valence-corrected chi connectivity index (χ1v) is 12.0. The van der Waals surface area contributed by atoms with E-state index in [0.29, 0.717) is 36.7 Å². The summed E-state index contributed by atoms with van der Waals surface area (Å²) in [5.74, 6) is 1.68. The molecule has 2 aromatic carbocycles. The molecule has 1 aliphatic rings. The van der Waals surface area contributed by atoms with Gasteiger partial charge in [-0.15, -0.1) is 0 Å². The maximum Gasteiger partial charge on any atom is 0.302 e. The Hall–Kier alpha value is -3.15. The van der Waals surface area contributed by atoms with E-state index in [1.807, 2.05) is 32.9 Å². The Morgan fingerprint density at radius 2 is 1.82 bits per heavy atom. The van der Waals surface area contributed by atoms with Crippen LogP contribution in [0.5, 0.6) is 5.75 Å². The fraction of sp³-hybridized carbons (Fsp3) is 0.429. The van der Waals surface area contributed by atoms with E-state index in [1.165, 1.54) is 37.0 Å². The molecule has 0 N–H and O–H groups in total. The smallest absolute Gasteiger partial charge is 0.302 e. The van der Waals surface area contributed by atoms with Crippen LogP contribution in [0.25, 0.3) is 11.5 Å². The molecule has 0 atom stereocenters. The Morgan fingerprint density at radius 3 is 2.47 bits per heavy atom. The van der Waals surface area contributed by atoms with Crippen LogP contribution >= 0.6 is 0 Å². The molecular formula is C28H36FNO4. The molecule has 0 bridgehead atoms. The van der Waals surface area contributed by atoms with Crippen molar-refractivity contribution in [2.75, 3.05) is 13.2 Å². The standard InChI is InChI=1S/C22H22FNO2.C4H8O2.C2H6/c1-14-6-7-18(13-20(14)23)22-24-15(2)21(26-22)10-11-25-19-9-8-16-4-3-5-17(16)12-19;1-3-6-4(2)5;1-2/h6-9,12-13H,3-5,10-11H2,1-2H3;3H2,1-2H3;1-2H3. The third-order valence-electron chi connectivity index (χ3n) is 5.33. The molecule has 1 aromatic heterocycles. The molecular weight excluding hydrogens is 433 g/mol. The number of ether oxygens (including phenoxy) is 2. The summed E-state index contributed by atoms with van der Waals surface area (Å²) >= 11 is 0. The summed E-state index contributed by atoms with van der Waals surface area (Å²) in [7, 11) is 0. The second-order valence-electron chi connectivity index (χ2n) is 7.80. The zero-order chi connectivity index (χ0) is 25.1. The van der Waals surface area contributed by atoms with Gasteiger partial charge in [0.25, 0.3) is 0 Å². The van der Waals surface area contributed by atoms with Crippen molar-refractivity contribution in [1.82, 2.24) is 4.98 Å². The van der Waals surface area contributed by atoms with Crippen LogP contribution in [0.3, 0.4) is 0 Å². The first-order chi connectivity index (χ1) is 16.4. The van der Waals surface area contributed by atoms with E-state index in [0.717, 1.165) is 23.6 Å². The number of halogens is 1. The van der Waals surface area contributed by atoms with E-state index in [2.05, 4.69) is 21.9 Å². The summed E-state index contributed by atoms with van der Waals surface area (Å²) in [5, 5.41) is 0. The first-order valence-electron chi connectivity index (χ1n) is 12.0. The fourth-order valence-corrected chi connectivity index (χ4v) is 3.61. The minimum atomic E-state index is -0.250. The Bertz CT molecular complexity index is 1070. The van der Waals surface area contributed by atoms with Gasteiger partial charge in [-0.05, 0) is 81.0 Å². The minimum absolute atomic E-state index is 0.211. The van der Waals surface area contributed by atoms with E-state index in [-0.39, 0.29) is 11.8 Å². The number of aromatic nitrogens is 1. The van der Waals surface area contributed by atoms with Crippen LogP contribution in [-0.2, 0) is 28.8 Å². The van der Waals surface area contributed by atoms with Crippen molar-refractivity contribution in [1.29, 1.82) is 0 Å². The van der Waals surface area contributed by atoms with Crippen molar-refractivity contribution >= 4 is 5.97 Å². The number of hydrogen-bond donors (Lipinski definition) is 0. The summed E-state index contributed by atoms with van der Waals surface area (Å²) in [4.78, 5) is 14.3. The highest BCUT2D eigenvalue weighted by atomic mass is 19.1. The highest BCUT2D eigenvalue weighted by Crippen LogP contribution is 2.27. The van der Waals surface area contributed by atoms with Gasteiger partial charge in [-0.25, -0.2) is 9.37 Å². The van der Waals surface area contributed by atoms with Crippen LogP contribution in [-0.4, -0.2) is 24.2 Å². The third kappa shape index (κ3) is 7.72. The molecule has 0 spiro atoms. The van der Waals surface area contributed by atoms with Gasteiger partial charge in [-0.1, -0.05) is 26.0 Å². The molecule has 5 nitrogen and oxygen atoms in total. The minimum Gasteiger partial charge on any atom is -0.493 e. The fourth-order valence-electron chi connectivity index (χ4n) is 3.61. The number of oxazole rings is 1. The van der Waals surface area contributed by atoms with Gasteiger partial charge in [0.15, 0.2) is 0 Å². The summed E-state index contributed by atoms with van der Waals surface area (Å²) < 4.78 is 29.9. The predicted molar refractivity (Wildman–Crippen MR) is 133 cm³/mol. The largest absolute Gasteiger partial charge is 0.493 e. The maximum absolute atomic E-state index is 13.8. The number of esters is 1. The zero-order valence-corrected chi connectivity index (χ0v) is 21.2. The monoisotopic (exact) mass is 469 g/mol. The van der Waals surface area contributed by atoms with Crippen molar-refractivity contribution in [2.24, 2.45) is 0 Å². The number of rotatable bonds is 6. The lowest BCUT2D eigenvalue weighted by Gasteiger charge is -2.07. The van der Waals surface area contributed by atoms with Crippen LogP contribution < -0.4 is 4.74 Å². The number of aryl methyl sites for hydroxylation is 4. The van der Waals surface area contributed by atoms with Gasteiger partial charge >= 0.3 is 5.97 Å². The quantitative estimate of drug-likeness (QED) is 0.371. The average molecular weight is 470 g/mol. The van der Waals surface area contributed by atoms with Gasteiger partial charge in [0, 0.05) is 18.9 Å². The molecule has 4 rings (SSSR count). The molecule has 0 fully saturated rings. The summed E-state index contributed by atoms with van der Waals surface area (Å²) in [6.45, 7) is 11.8. The van der Waals surface area contributed by atoms with Gasteiger partial charge in [0.2, 0.25) is 5.89 Å². The molecule has 34 heavy (non-hydrogen) atoms. The zero-order valence-electron chi connectivity index (χ0n) is 21.2. The van der Waals surface area contributed by atoms with Gasteiger partial charge in [-0.3, -0.25) is 4.79 Å². The average Bonchev–Trinajstić information content (AvgIpc) is 3.43.